The van der Waals surface area contributed by atoms with Gasteiger partial charge in [-0.3, -0.25) is 4.99 Å². The second-order valence-corrected chi connectivity index (χ2v) is 4.39. The van der Waals surface area contributed by atoms with Crippen molar-refractivity contribution in [3.05, 3.63) is 21.9 Å². The lowest BCUT2D eigenvalue weighted by Gasteiger charge is -2.15. The predicted molar refractivity (Wildman–Crippen MR) is 76.2 cm³/mol. The Morgan fingerprint density at radius 3 is 3.07 bits per heavy atom. The fourth-order valence-corrected chi connectivity index (χ4v) is 2.25. The lowest BCUT2D eigenvalue weighted by atomic mass is 10.3. The Hall–Kier alpha value is -0.300. The smallest absolute Gasteiger partial charge is 0.191 e. The summed E-state index contributed by atoms with van der Waals surface area (Å²) in [6, 6.07) is 2.15. The van der Waals surface area contributed by atoms with Crippen molar-refractivity contribution in [3.63, 3.8) is 0 Å². The molecule has 0 spiro atoms. The van der Waals surface area contributed by atoms with E-state index < -0.39 is 0 Å². The van der Waals surface area contributed by atoms with Gasteiger partial charge in [0.15, 0.2) is 5.96 Å². The molecule has 2 rings (SSSR count). The van der Waals surface area contributed by atoms with Crippen molar-refractivity contribution in [2.75, 3.05) is 13.1 Å². The van der Waals surface area contributed by atoms with Gasteiger partial charge < -0.3 is 10.6 Å². The monoisotopic (exact) mass is 337 g/mol. The molecule has 0 radical (unpaired) electrons. The number of guanidine groups is 1. The van der Waals surface area contributed by atoms with Gasteiger partial charge in [-0.15, -0.1) is 35.3 Å². The van der Waals surface area contributed by atoms with Gasteiger partial charge in [-0.2, -0.15) is 0 Å². The quantitative estimate of drug-likeness (QED) is 0.811. The Kier molecular flexibility index (Phi) is 5.38. The van der Waals surface area contributed by atoms with E-state index in [0.717, 1.165) is 32.0 Å². The average Bonchev–Trinajstić information content (AvgIpc) is 2.63. The van der Waals surface area contributed by atoms with Crippen LogP contribution in [0.15, 0.2) is 16.4 Å². The van der Waals surface area contributed by atoms with Crippen LogP contribution >= 0.6 is 35.3 Å². The molecule has 0 amide bonds. The van der Waals surface area contributed by atoms with E-state index in [9.17, 15) is 0 Å². The highest BCUT2D eigenvalue weighted by Crippen LogP contribution is 2.14. The number of rotatable bonds is 2. The molecule has 0 fully saturated rings. The molecule has 2 heterocycles. The van der Waals surface area contributed by atoms with Gasteiger partial charge in [-0.1, -0.05) is 0 Å². The molecule has 0 saturated heterocycles. The molecular weight excluding hydrogens is 321 g/mol. The molecule has 5 heteroatoms. The molecule has 3 nitrogen and oxygen atoms in total. The van der Waals surface area contributed by atoms with E-state index in [-0.39, 0.29) is 24.0 Å². The molecule has 0 atom stereocenters. The molecule has 0 unspecified atom stereocenters. The number of hydrogen-bond acceptors (Lipinski definition) is 4. The summed E-state index contributed by atoms with van der Waals surface area (Å²) in [6.07, 6.45) is 1.14. The summed E-state index contributed by atoms with van der Waals surface area (Å²) in [5, 5.41) is 8.69. The number of hydrogen-bond donors (Lipinski definition) is 2. The van der Waals surface area contributed by atoms with Crippen molar-refractivity contribution in [3.8, 4) is 0 Å². The third-order valence-corrected chi connectivity index (χ3v) is 3.30. The topological polar surface area (TPSA) is 36.4 Å². The van der Waals surface area contributed by atoms with E-state index in [1.807, 2.05) is 0 Å². The predicted octanol–water partition coefficient (Wildman–Crippen LogP) is 2.11. The second-order valence-electron chi connectivity index (χ2n) is 3.39. The normalized spacial score (nSPS) is 14.9. The molecule has 0 bridgehead atoms. The van der Waals surface area contributed by atoms with Gasteiger partial charge >= 0.3 is 0 Å². The van der Waals surface area contributed by atoms with Crippen LogP contribution in [0.3, 0.4) is 0 Å². The van der Waals surface area contributed by atoms with Gasteiger partial charge in [0.05, 0.1) is 6.54 Å². The maximum absolute atomic E-state index is 4.36. The third kappa shape index (κ3) is 3.64. The van der Waals surface area contributed by atoms with E-state index in [0.29, 0.717) is 0 Å². The first-order valence-electron chi connectivity index (χ1n) is 4.91. The summed E-state index contributed by atoms with van der Waals surface area (Å²) >= 11 is 1.79. The van der Waals surface area contributed by atoms with E-state index >= 15 is 0 Å². The summed E-state index contributed by atoms with van der Waals surface area (Å²) in [6.45, 7) is 5.01. The van der Waals surface area contributed by atoms with Crippen LogP contribution in [0, 0.1) is 6.92 Å². The van der Waals surface area contributed by atoms with Crippen molar-refractivity contribution < 1.29 is 0 Å². The van der Waals surface area contributed by atoms with E-state index in [4.69, 9.17) is 0 Å². The zero-order valence-corrected chi connectivity index (χ0v) is 11.9. The third-order valence-electron chi connectivity index (χ3n) is 2.28. The Morgan fingerprint density at radius 2 is 2.47 bits per heavy atom. The number of thiophene rings is 1. The van der Waals surface area contributed by atoms with Gasteiger partial charge in [0.1, 0.15) is 0 Å². The van der Waals surface area contributed by atoms with Crippen molar-refractivity contribution in [2.45, 2.75) is 19.9 Å². The molecule has 0 saturated carbocycles. The molecule has 1 aromatic heterocycles. The van der Waals surface area contributed by atoms with E-state index in [1.165, 1.54) is 10.4 Å². The molecule has 15 heavy (non-hydrogen) atoms. The van der Waals surface area contributed by atoms with Crippen molar-refractivity contribution >= 4 is 41.3 Å². The largest absolute Gasteiger partial charge is 0.356 e. The van der Waals surface area contributed by atoms with Crippen LogP contribution in [0.1, 0.15) is 16.9 Å². The Balaban J connectivity index is 0.00000112. The minimum atomic E-state index is 0. The van der Waals surface area contributed by atoms with Crippen LogP contribution in [-0.2, 0) is 6.54 Å². The van der Waals surface area contributed by atoms with Crippen LogP contribution in [0.2, 0.25) is 0 Å². The van der Waals surface area contributed by atoms with Gasteiger partial charge in [0.2, 0.25) is 0 Å². The molecular formula is C10H16IN3S. The first-order chi connectivity index (χ1) is 6.86. The number of halogens is 1. The standard InChI is InChI=1S/C10H15N3S.HI/c1-8-3-6-14-9(8)7-13-10-11-4-2-5-12-10;/h3,6H,2,4-5,7H2,1H3,(H2,11,12,13);1H. The zero-order valence-electron chi connectivity index (χ0n) is 8.75. The first kappa shape index (κ1) is 12.8. The summed E-state index contributed by atoms with van der Waals surface area (Å²) in [5.74, 6) is 0.948. The lowest BCUT2D eigenvalue weighted by Crippen LogP contribution is -2.40. The molecule has 0 aromatic carbocycles. The maximum atomic E-state index is 4.36. The molecule has 2 N–H and O–H groups in total. The van der Waals surface area contributed by atoms with Crippen LogP contribution in [0.4, 0.5) is 0 Å². The molecule has 1 aliphatic heterocycles. The SMILES string of the molecule is Cc1ccsc1CNC1=NCCCN1.I. The molecule has 1 aromatic rings. The van der Waals surface area contributed by atoms with E-state index in [2.05, 4.69) is 34.0 Å². The highest BCUT2D eigenvalue weighted by atomic mass is 127. The van der Waals surface area contributed by atoms with Gasteiger partial charge in [0.25, 0.3) is 0 Å². The highest BCUT2D eigenvalue weighted by molar-refractivity contribution is 14.0. The fourth-order valence-electron chi connectivity index (χ4n) is 1.40. The van der Waals surface area contributed by atoms with Crippen LogP contribution in [0.25, 0.3) is 0 Å². The van der Waals surface area contributed by atoms with Gasteiger partial charge in [-0.05, 0) is 30.4 Å². The Bertz CT molecular complexity index is 335. The average molecular weight is 337 g/mol. The van der Waals surface area contributed by atoms with Crippen molar-refractivity contribution in [1.82, 2.24) is 10.6 Å². The minimum absolute atomic E-state index is 0. The summed E-state index contributed by atoms with van der Waals surface area (Å²) in [7, 11) is 0. The van der Waals surface area contributed by atoms with Crippen molar-refractivity contribution in [1.29, 1.82) is 0 Å². The second kappa shape index (κ2) is 6.32. The van der Waals surface area contributed by atoms with Crippen LogP contribution in [-0.4, -0.2) is 19.0 Å². The Labute approximate surface area is 111 Å². The zero-order chi connectivity index (χ0) is 9.80. The number of aliphatic imine (C=N–C) groups is 1. The molecule has 1 aliphatic rings. The van der Waals surface area contributed by atoms with Gasteiger partial charge in [0, 0.05) is 18.0 Å². The minimum Gasteiger partial charge on any atom is -0.356 e. The fraction of sp³-hybridized carbons (Fsp3) is 0.500. The number of nitrogens with one attached hydrogen (secondary N) is 2. The Morgan fingerprint density at radius 1 is 1.60 bits per heavy atom. The van der Waals surface area contributed by atoms with Crippen molar-refractivity contribution in [2.24, 2.45) is 4.99 Å². The maximum Gasteiger partial charge on any atom is 0.191 e. The van der Waals surface area contributed by atoms with Crippen LogP contribution in [0.5, 0.6) is 0 Å². The van der Waals surface area contributed by atoms with Crippen LogP contribution < -0.4 is 10.6 Å². The summed E-state index contributed by atoms with van der Waals surface area (Å²) in [5.41, 5.74) is 1.36. The van der Waals surface area contributed by atoms with Gasteiger partial charge in [-0.25, -0.2) is 0 Å². The first-order valence-corrected chi connectivity index (χ1v) is 5.79. The number of aryl methyl sites for hydroxylation is 1. The van der Waals surface area contributed by atoms with E-state index in [1.54, 1.807) is 11.3 Å². The number of nitrogens with zero attached hydrogens (tertiary/aromatic N) is 1. The molecule has 0 aliphatic carbocycles. The lowest BCUT2D eigenvalue weighted by molar-refractivity contribution is 0.703. The molecule has 84 valence electrons. The summed E-state index contributed by atoms with van der Waals surface area (Å²) in [4.78, 5) is 5.75. The summed E-state index contributed by atoms with van der Waals surface area (Å²) < 4.78 is 0. The highest BCUT2D eigenvalue weighted by Gasteiger charge is 2.04.